The number of hydrogen-bond acceptors (Lipinski definition) is 5. The van der Waals surface area contributed by atoms with Crippen molar-refractivity contribution in [1.29, 1.82) is 0 Å². The summed E-state index contributed by atoms with van der Waals surface area (Å²) >= 11 is 0. The number of rotatable bonds is 3. The number of nitrogens with zero attached hydrogens (tertiary/aromatic N) is 4. The molecule has 0 spiro atoms. The maximum absolute atomic E-state index is 12.8. The monoisotopic (exact) mass is 297 g/mol. The van der Waals surface area contributed by atoms with Crippen molar-refractivity contribution in [3.8, 4) is 0 Å². The Hall–Kier alpha value is -2.50. The van der Waals surface area contributed by atoms with E-state index in [0.717, 1.165) is 31.5 Å². The van der Waals surface area contributed by atoms with Gasteiger partial charge in [-0.15, -0.1) is 0 Å². The van der Waals surface area contributed by atoms with Gasteiger partial charge in [-0.25, -0.2) is 9.97 Å². The third-order valence-electron chi connectivity index (χ3n) is 3.91. The minimum Gasteiger partial charge on any atom is -0.357 e. The summed E-state index contributed by atoms with van der Waals surface area (Å²) in [5.41, 5.74) is 1.51. The number of aromatic nitrogens is 3. The van der Waals surface area contributed by atoms with Crippen molar-refractivity contribution in [3.05, 3.63) is 48.0 Å². The van der Waals surface area contributed by atoms with Crippen molar-refractivity contribution in [1.82, 2.24) is 19.9 Å². The summed E-state index contributed by atoms with van der Waals surface area (Å²) in [6.07, 6.45) is 8.07. The third-order valence-corrected chi connectivity index (χ3v) is 3.91. The van der Waals surface area contributed by atoms with Crippen molar-refractivity contribution in [2.24, 2.45) is 0 Å². The molecule has 22 heavy (non-hydrogen) atoms. The quantitative estimate of drug-likeness (QED) is 0.941. The van der Waals surface area contributed by atoms with Crippen LogP contribution in [0.25, 0.3) is 0 Å². The predicted octanol–water partition coefficient (Wildman–Crippen LogP) is 2.28. The van der Waals surface area contributed by atoms with Gasteiger partial charge in [-0.05, 0) is 37.5 Å². The molecule has 2 aromatic rings. The van der Waals surface area contributed by atoms with E-state index in [-0.39, 0.29) is 11.9 Å². The first kappa shape index (κ1) is 14.4. The zero-order chi connectivity index (χ0) is 15.4. The number of nitrogens with one attached hydrogen (secondary N) is 1. The summed E-state index contributed by atoms with van der Waals surface area (Å²) in [5, 5.41) is 2.95. The minimum atomic E-state index is -0.00319. The number of likely N-dealkylation sites (tertiary alicyclic amines) is 1. The average molecular weight is 297 g/mol. The number of piperidine rings is 1. The average Bonchev–Trinajstić information content (AvgIpc) is 2.62. The van der Waals surface area contributed by atoms with E-state index in [2.05, 4.69) is 20.3 Å². The smallest absolute Gasteiger partial charge is 0.255 e. The lowest BCUT2D eigenvalue weighted by atomic mass is 9.98. The van der Waals surface area contributed by atoms with E-state index in [0.29, 0.717) is 11.5 Å². The van der Waals surface area contributed by atoms with Crippen molar-refractivity contribution in [2.75, 3.05) is 18.9 Å². The standard InChI is InChI=1S/C16H19N5O/c1-17-16-19-9-7-13(20-16)14-6-2-3-10-21(14)15(22)12-5-4-8-18-11-12/h4-5,7-9,11,14H,2-3,6,10H2,1H3,(H,17,19,20). The highest BCUT2D eigenvalue weighted by atomic mass is 16.2. The normalized spacial score (nSPS) is 18.0. The van der Waals surface area contributed by atoms with E-state index in [1.807, 2.05) is 11.0 Å². The van der Waals surface area contributed by atoms with Crippen LogP contribution in [-0.2, 0) is 0 Å². The first-order valence-corrected chi connectivity index (χ1v) is 7.51. The van der Waals surface area contributed by atoms with Gasteiger partial charge in [0.15, 0.2) is 0 Å². The third kappa shape index (κ3) is 2.90. The summed E-state index contributed by atoms with van der Waals surface area (Å²) < 4.78 is 0. The summed E-state index contributed by atoms with van der Waals surface area (Å²) in [6, 6.07) is 5.48. The zero-order valence-electron chi connectivity index (χ0n) is 12.6. The van der Waals surface area contributed by atoms with Gasteiger partial charge in [0.2, 0.25) is 5.95 Å². The van der Waals surface area contributed by atoms with Crippen LogP contribution in [0.1, 0.15) is 41.4 Å². The van der Waals surface area contributed by atoms with Crippen LogP contribution in [0.3, 0.4) is 0 Å². The molecule has 2 aromatic heterocycles. The Bertz CT molecular complexity index is 646. The Morgan fingerprint density at radius 1 is 1.32 bits per heavy atom. The van der Waals surface area contributed by atoms with Crippen LogP contribution >= 0.6 is 0 Å². The molecule has 3 heterocycles. The number of carbonyl (C=O) groups is 1. The molecule has 0 saturated carbocycles. The SMILES string of the molecule is CNc1nccc(C2CCCCN2C(=O)c2cccnc2)n1. The van der Waals surface area contributed by atoms with Gasteiger partial charge in [0.05, 0.1) is 17.3 Å². The first-order valence-electron chi connectivity index (χ1n) is 7.51. The molecule has 1 N–H and O–H groups in total. The van der Waals surface area contributed by atoms with Crippen LogP contribution < -0.4 is 5.32 Å². The lowest BCUT2D eigenvalue weighted by Crippen LogP contribution is -2.39. The van der Waals surface area contributed by atoms with E-state index in [4.69, 9.17) is 0 Å². The van der Waals surface area contributed by atoms with Crippen LogP contribution in [0.5, 0.6) is 0 Å². The largest absolute Gasteiger partial charge is 0.357 e. The van der Waals surface area contributed by atoms with Crippen molar-refractivity contribution >= 4 is 11.9 Å². The van der Waals surface area contributed by atoms with Crippen LogP contribution in [-0.4, -0.2) is 39.4 Å². The molecule has 1 fully saturated rings. The Morgan fingerprint density at radius 3 is 3.00 bits per heavy atom. The summed E-state index contributed by atoms with van der Waals surface area (Å²) in [5.74, 6) is 0.597. The lowest BCUT2D eigenvalue weighted by Gasteiger charge is -2.35. The number of carbonyl (C=O) groups excluding carboxylic acids is 1. The molecule has 0 bridgehead atoms. The second kappa shape index (κ2) is 6.51. The summed E-state index contributed by atoms with van der Waals surface area (Å²) in [4.78, 5) is 27.4. The fourth-order valence-corrected chi connectivity index (χ4v) is 2.82. The number of amides is 1. The lowest BCUT2D eigenvalue weighted by molar-refractivity contribution is 0.0605. The van der Waals surface area contributed by atoms with Crippen LogP contribution in [0.2, 0.25) is 0 Å². The molecular formula is C16H19N5O. The summed E-state index contributed by atoms with van der Waals surface area (Å²) in [6.45, 7) is 0.747. The van der Waals surface area contributed by atoms with E-state index >= 15 is 0 Å². The Labute approximate surface area is 129 Å². The highest BCUT2D eigenvalue weighted by Crippen LogP contribution is 2.31. The molecule has 1 atom stereocenters. The fraction of sp³-hybridized carbons (Fsp3) is 0.375. The first-order chi connectivity index (χ1) is 10.8. The van der Waals surface area contributed by atoms with Crippen LogP contribution in [0.4, 0.5) is 5.95 Å². The van der Waals surface area contributed by atoms with Gasteiger partial charge in [0, 0.05) is 32.2 Å². The molecule has 1 unspecified atom stereocenters. The molecule has 0 aromatic carbocycles. The molecule has 1 saturated heterocycles. The molecule has 1 amide bonds. The van der Waals surface area contributed by atoms with Crippen molar-refractivity contribution in [3.63, 3.8) is 0 Å². The molecule has 1 aliphatic rings. The fourth-order valence-electron chi connectivity index (χ4n) is 2.82. The minimum absolute atomic E-state index is 0.00319. The molecule has 6 nitrogen and oxygen atoms in total. The second-order valence-corrected chi connectivity index (χ2v) is 5.31. The predicted molar refractivity (Wildman–Crippen MR) is 83.4 cm³/mol. The topological polar surface area (TPSA) is 71.0 Å². The highest BCUT2D eigenvalue weighted by Gasteiger charge is 2.29. The van der Waals surface area contributed by atoms with E-state index in [9.17, 15) is 4.79 Å². The van der Waals surface area contributed by atoms with E-state index in [1.54, 1.807) is 37.8 Å². The van der Waals surface area contributed by atoms with Gasteiger partial charge in [-0.3, -0.25) is 9.78 Å². The maximum atomic E-state index is 12.8. The number of hydrogen-bond donors (Lipinski definition) is 1. The zero-order valence-corrected chi connectivity index (χ0v) is 12.6. The van der Waals surface area contributed by atoms with Gasteiger partial charge in [-0.2, -0.15) is 0 Å². The second-order valence-electron chi connectivity index (χ2n) is 5.31. The molecule has 1 aliphatic heterocycles. The van der Waals surface area contributed by atoms with Crippen molar-refractivity contribution in [2.45, 2.75) is 25.3 Å². The molecule has 6 heteroatoms. The molecule has 0 radical (unpaired) electrons. The van der Waals surface area contributed by atoms with Crippen molar-refractivity contribution < 1.29 is 4.79 Å². The van der Waals surface area contributed by atoms with E-state index < -0.39 is 0 Å². The van der Waals surface area contributed by atoms with E-state index in [1.165, 1.54) is 0 Å². The van der Waals surface area contributed by atoms with Gasteiger partial charge in [-0.1, -0.05) is 0 Å². The maximum Gasteiger partial charge on any atom is 0.255 e. The van der Waals surface area contributed by atoms with Gasteiger partial charge in [0.25, 0.3) is 5.91 Å². The van der Waals surface area contributed by atoms with Crippen LogP contribution in [0, 0.1) is 0 Å². The highest BCUT2D eigenvalue weighted by molar-refractivity contribution is 5.94. The van der Waals surface area contributed by atoms with Gasteiger partial charge >= 0.3 is 0 Å². The summed E-state index contributed by atoms with van der Waals surface area (Å²) in [7, 11) is 1.79. The number of anilines is 1. The molecule has 3 rings (SSSR count). The van der Waals surface area contributed by atoms with Gasteiger partial charge in [0.1, 0.15) is 0 Å². The molecule has 114 valence electrons. The Kier molecular flexibility index (Phi) is 4.27. The Balaban J connectivity index is 1.89. The van der Waals surface area contributed by atoms with Crippen LogP contribution in [0.15, 0.2) is 36.8 Å². The van der Waals surface area contributed by atoms with Gasteiger partial charge < -0.3 is 10.2 Å². The molecule has 0 aliphatic carbocycles. The molecular weight excluding hydrogens is 278 g/mol. The number of pyridine rings is 1. The Morgan fingerprint density at radius 2 is 2.23 bits per heavy atom.